The molecule has 1 aliphatic rings. The quantitative estimate of drug-likeness (QED) is 0.389. The Morgan fingerprint density at radius 2 is 2.03 bits per heavy atom. The van der Waals surface area contributed by atoms with Crippen LogP contribution in [0.25, 0.3) is 22.3 Å². The first-order chi connectivity index (χ1) is 18.0. The molecule has 4 heterocycles. The van der Waals surface area contributed by atoms with E-state index < -0.39 is 11.7 Å². The number of pyridine rings is 1. The summed E-state index contributed by atoms with van der Waals surface area (Å²) in [6.45, 7) is 4.98. The summed E-state index contributed by atoms with van der Waals surface area (Å²) in [4.78, 5) is 38.7. The molecule has 1 saturated heterocycles. The van der Waals surface area contributed by atoms with Crippen molar-refractivity contribution in [2.24, 2.45) is 0 Å². The molecule has 1 aliphatic heterocycles. The van der Waals surface area contributed by atoms with E-state index in [1.54, 1.807) is 4.90 Å². The standard InChI is InChI=1S/C26H25FN8O2/c1-2-21(36)34-11-3-4-18(14-34)35-25-22(24(28)31-15-32-25)23(33-35)17-7-5-16(6-8-17)12-30-26(37)19-13-29-10-9-20(19)27/h2,5-10,13,15,18H,1,3-4,11-12,14H2,(H,30,37)(H2,28,31,32)/t18-/m1/s1. The van der Waals surface area contributed by atoms with Gasteiger partial charge in [-0.1, -0.05) is 30.8 Å². The van der Waals surface area contributed by atoms with Crippen LogP contribution < -0.4 is 11.1 Å². The zero-order valence-electron chi connectivity index (χ0n) is 20.0. The van der Waals surface area contributed by atoms with Crippen LogP contribution in [-0.4, -0.2) is 54.5 Å². The van der Waals surface area contributed by atoms with Crippen LogP contribution in [-0.2, 0) is 11.3 Å². The van der Waals surface area contributed by atoms with Gasteiger partial charge in [-0.2, -0.15) is 5.10 Å². The van der Waals surface area contributed by atoms with Crippen LogP contribution in [0.15, 0.2) is 61.7 Å². The van der Waals surface area contributed by atoms with E-state index in [0.29, 0.717) is 35.6 Å². The molecule has 0 spiro atoms. The van der Waals surface area contributed by atoms with Crippen molar-refractivity contribution in [2.45, 2.75) is 25.4 Å². The third-order valence-corrected chi connectivity index (χ3v) is 6.44. The lowest BCUT2D eigenvalue weighted by Gasteiger charge is -2.32. The number of amides is 2. The van der Waals surface area contributed by atoms with E-state index in [4.69, 9.17) is 10.8 Å². The average Bonchev–Trinajstić information content (AvgIpc) is 3.33. The largest absolute Gasteiger partial charge is 0.383 e. The van der Waals surface area contributed by atoms with Crippen LogP contribution in [0.2, 0.25) is 0 Å². The molecular formula is C26H25FN8O2. The molecular weight excluding hydrogens is 475 g/mol. The fourth-order valence-electron chi connectivity index (χ4n) is 4.54. The van der Waals surface area contributed by atoms with Crippen LogP contribution >= 0.6 is 0 Å². The molecule has 5 rings (SSSR count). The van der Waals surface area contributed by atoms with Gasteiger partial charge in [0.25, 0.3) is 5.91 Å². The van der Waals surface area contributed by atoms with Crippen molar-refractivity contribution in [1.82, 2.24) is 34.9 Å². The van der Waals surface area contributed by atoms with Crippen molar-refractivity contribution in [3.8, 4) is 11.3 Å². The van der Waals surface area contributed by atoms with Crippen molar-refractivity contribution >= 4 is 28.7 Å². The Bertz CT molecular complexity index is 1480. The number of hydrogen-bond donors (Lipinski definition) is 2. The Balaban J connectivity index is 1.40. The first-order valence-electron chi connectivity index (χ1n) is 11.8. The molecule has 2 amide bonds. The molecule has 3 aromatic heterocycles. The monoisotopic (exact) mass is 500 g/mol. The molecule has 1 aromatic carbocycles. The zero-order chi connectivity index (χ0) is 25.9. The van der Waals surface area contributed by atoms with Crippen LogP contribution in [0.1, 0.15) is 34.8 Å². The molecule has 0 saturated carbocycles. The summed E-state index contributed by atoms with van der Waals surface area (Å²) in [5.74, 6) is -0.957. The maximum atomic E-state index is 13.8. The maximum absolute atomic E-state index is 13.8. The molecule has 1 atom stereocenters. The molecule has 0 unspecified atom stereocenters. The molecule has 4 aromatic rings. The van der Waals surface area contributed by atoms with E-state index in [2.05, 4.69) is 26.8 Å². The van der Waals surface area contributed by atoms with E-state index in [1.807, 2.05) is 28.9 Å². The van der Waals surface area contributed by atoms with Gasteiger partial charge in [0.05, 0.1) is 17.0 Å². The van der Waals surface area contributed by atoms with E-state index in [9.17, 15) is 14.0 Å². The van der Waals surface area contributed by atoms with Gasteiger partial charge in [-0.15, -0.1) is 0 Å². The summed E-state index contributed by atoms with van der Waals surface area (Å²) in [6.07, 6.45) is 6.90. The minimum absolute atomic E-state index is 0.0643. The van der Waals surface area contributed by atoms with Gasteiger partial charge in [0.15, 0.2) is 5.65 Å². The number of nitrogens with zero attached hydrogens (tertiary/aromatic N) is 6. The normalized spacial score (nSPS) is 15.5. The fourth-order valence-corrected chi connectivity index (χ4v) is 4.54. The number of anilines is 1. The van der Waals surface area contributed by atoms with Gasteiger partial charge in [-0.3, -0.25) is 14.6 Å². The summed E-state index contributed by atoms with van der Waals surface area (Å²) in [5.41, 5.74) is 9.00. The number of aromatic nitrogens is 5. The predicted octanol–water partition coefficient (Wildman–Crippen LogP) is 2.89. The van der Waals surface area contributed by atoms with Gasteiger partial charge < -0.3 is 16.0 Å². The molecule has 0 aliphatic carbocycles. The number of rotatable bonds is 6. The van der Waals surface area contributed by atoms with Gasteiger partial charge in [-0.05, 0) is 30.5 Å². The van der Waals surface area contributed by atoms with E-state index >= 15 is 0 Å². The summed E-state index contributed by atoms with van der Waals surface area (Å²) >= 11 is 0. The summed E-state index contributed by atoms with van der Waals surface area (Å²) < 4.78 is 15.7. The molecule has 37 heavy (non-hydrogen) atoms. The minimum atomic E-state index is -0.625. The molecule has 1 fully saturated rings. The van der Waals surface area contributed by atoms with Crippen LogP contribution in [0, 0.1) is 5.82 Å². The number of benzene rings is 1. The summed E-state index contributed by atoms with van der Waals surface area (Å²) in [5, 5.41) is 8.21. The number of halogens is 1. The second-order valence-electron chi connectivity index (χ2n) is 8.77. The van der Waals surface area contributed by atoms with Gasteiger partial charge in [0, 0.05) is 37.6 Å². The second-order valence-corrected chi connectivity index (χ2v) is 8.77. The SMILES string of the molecule is C=CC(=O)N1CCC[C@@H](n2nc(-c3ccc(CNC(=O)c4cnccc4F)cc3)c3c(N)ncnc32)C1. The lowest BCUT2D eigenvalue weighted by atomic mass is 10.1. The highest BCUT2D eigenvalue weighted by molar-refractivity contribution is 5.98. The smallest absolute Gasteiger partial charge is 0.256 e. The van der Waals surface area contributed by atoms with Crippen molar-refractivity contribution in [2.75, 3.05) is 18.8 Å². The Morgan fingerprint density at radius 1 is 1.22 bits per heavy atom. The second kappa shape index (κ2) is 10.1. The average molecular weight is 501 g/mol. The van der Waals surface area contributed by atoms with Crippen molar-refractivity contribution < 1.29 is 14.0 Å². The highest BCUT2D eigenvalue weighted by atomic mass is 19.1. The van der Waals surface area contributed by atoms with Gasteiger partial charge in [0.2, 0.25) is 5.91 Å². The number of nitrogens with one attached hydrogen (secondary N) is 1. The van der Waals surface area contributed by atoms with E-state index in [0.717, 1.165) is 30.0 Å². The molecule has 0 radical (unpaired) electrons. The highest BCUT2D eigenvalue weighted by Gasteiger charge is 2.28. The number of hydrogen-bond acceptors (Lipinski definition) is 7. The third-order valence-electron chi connectivity index (χ3n) is 6.44. The molecule has 11 heteroatoms. The molecule has 3 N–H and O–H groups in total. The zero-order valence-corrected chi connectivity index (χ0v) is 20.0. The van der Waals surface area contributed by atoms with Crippen molar-refractivity contribution in [3.63, 3.8) is 0 Å². The lowest BCUT2D eigenvalue weighted by Crippen LogP contribution is -2.40. The Labute approximate surface area is 212 Å². The first-order valence-corrected chi connectivity index (χ1v) is 11.8. The van der Waals surface area contributed by atoms with Crippen molar-refractivity contribution in [3.05, 3.63) is 78.7 Å². The number of nitrogen functional groups attached to an aromatic ring is 1. The minimum Gasteiger partial charge on any atom is -0.383 e. The highest BCUT2D eigenvalue weighted by Crippen LogP contribution is 2.33. The van der Waals surface area contributed by atoms with Crippen LogP contribution in [0.3, 0.4) is 0 Å². The molecule has 0 bridgehead atoms. The van der Waals surface area contributed by atoms with Crippen molar-refractivity contribution in [1.29, 1.82) is 0 Å². The lowest BCUT2D eigenvalue weighted by molar-refractivity contribution is -0.127. The topological polar surface area (TPSA) is 132 Å². The number of piperidine rings is 1. The first kappa shape index (κ1) is 24.0. The fraction of sp³-hybridized carbons (Fsp3) is 0.231. The third kappa shape index (κ3) is 4.75. The van der Waals surface area contributed by atoms with Crippen LogP contribution in [0.5, 0.6) is 0 Å². The molecule has 188 valence electrons. The number of fused-ring (bicyclic) bond motifs is 1. The van der Waals surface area contributed by atoms with Gasteiger partial charge in [-0.25, -0.2) is 19.0 Å². The van der Waals surface area contributed by atoms with E-state index in [-0.39, 0.29) is 24.1 Å². The van der Waals surface area contributed by atoms with Gasteiger partial charge >= 0.3 is 0 Å². The van der Waals surface area contributed by atoms with E-state index in [1.165, 1.54) is 24.8 Å². The number of carbonyl (C=O) groups is 2. The number of likely N-dealkylation sites (tertiary alicyclic amines) is 1. The summed E-state index contributed by atoms with van der Waals surface area (Å²) in [7, 11) is 0. The number of nitrogens with two attached hydrogens (primary N) is 1. The summed E-state index contributed by atoms with van der Waals surface area (Å²) in [6, 6.07) is 8.53. The van der Waals surface area contributed by atoms with Crippen LogP contribution in [0.4, 0.5) is 10.2 Å². The maximum Gasteiger partial charge on any atom is 0.256 e. The Morgan fingerprint density at radius 3 is 2.78 bits per heavy atom. The molecule has 10 nitrogen and oxygen atoms in total. The Kier molecular flexibility index (Phi) is 6.59. The Hall–Kier alpha value is -4.67. The van der Waals surface area contributed by atoms with Gasteiger partial charge in [0.1, 0.15) is 23.7 Å². The number of carbonyl (C=O) groups excluding carboxylic acids is 2. The predicted molar refractivity (Wildman–Crippen MR) is 136 cm³/mol.